The summed E-state index contributed by atoms with van der Waals surface area (Å²) in [6, 6.07) is 1.45. The Morgan fingerprint density at radius 3 is 2.94 bits per heavy atom. The lowest BCUT2D eigenvalue weighted by atomic mass is 10.5. The maximum Gasteiger partial charge on any atom is 0.329 e. The summed E-state index contributed by atoms with van der Waals surface area (Å²) in [6.07, 6.45) is 0. The van der Waals surface area contributed by atoms with Crippen LogP contribution < -0.4 is 10.6 Å². The van der Waals surface area contributed by atoms with Crippen LogP contribution in [-0.4, -0.2) is 36.9 Å². The summed E-state index contributed by atoms with van der Waals surface area (Å²) in [5.41, 5.74) is 0.731. The van der Waals surface area contributed by atoms with Crippen molar-refractivity contribution in [3.05, 3.63) is 16.8 Å². The molecule has 1 aromatic rings. The van der Waals surface area contributed by atoms with Crippen molar-refractivity contribution in [3.8, 4) is 0 Å². The number of hydrogen-bond donors (Lipinski definition) is 3. The van der Waals surface area contributed by atoms with Gasteiger partial charge in [-0.3, -0.25) is 0 Å². The molecule has 3 N–H and O–H groups in total. The number of nitrogens with one attached hydrogen (secondary N) is 2. The molecule has 0 saturated carbocycles. The molecule has 16 heavy (non-hydrogen) atoms. The van der Waals surface area contributed by atoms with Crippen LogP contribution in [0.2, 0.25) is 0 Å². The fourth-order valence-corrected chi connectivity index (χ4v) is 1.49. The Balaban J connectivity index is 2.05. The lowest BCUT2D eigenvalue weighted by Crippen LogP contribution is -2.31. The van der Waals surface area contributed by atoms with Crippen molar-refractivity contribution >= 4 is 29.0 Å². The molecule has 0 unspecified atom stereocenters. The van der Waals surface area contributed by atoms with Gasteiger partial charge in [0, 0.05) is 11.9 Å². The van der Waals surface area contributed by atoms with E-state index in [0.717, 1.165) is 5.69 Å². The minimum Gasteiger partial charge on any atom is -0.480 e. The third-order valence-electron chi connectivity index (χ3n) is 1.54. The molecule has 0 fully saturated rings. The summed E-state index contributed by atoms with van der Waals surface area (Å²) in [7, 11) is 0. The highest BCUT2D eigenvalue weighted by Crippen LogP contribution is 2.10. The number of hydrogen-bond acceptors (Lipinski definition) is 4. The van der Waals surface area contributed by atoms with Crippen LogP contribution in [0.15, 0.2) is 16.8 Å². The molecule has 88 valence electrons. The third-order valence-corrected chi connectivity index (χ3v) is 2.22. The van der Waals surface area contributed by atoms with Crippen molar-refractivity contribution in [1.29, 1.82) is 0 Å². The first-order chi connectivity index (χ1) is 7.68. The number of rotatable bonds is 6. The van der Waals surface area contributed by atoms with Crippen molar-refractivity contribution in [2.24, 2.45) is 0 Å². The highest BCUT2D eigenvalue weighted by atomic mass is 32.1. The summed E-state index contributed by atoms with van der Waals surface area (Å²) in [5.74, 6) is -1.03. The lowest BCUT2D eigenvalue weighted by Gasteiger charge is -2.05. The zero-order valence-corrected chi connectivity index (χ0v) is 9.25. The number of urea groups is 1. The fourth-order valence-electron chi connectivity index (χ4n) is 0.907. The van der Waals surface area contributed by atoms with Crippen molar-refractivity contribution in [2.45, 2.75) is 0 Å². The highest BCUT2D eigenvalue weighted by Gasteiger charge is 2.01. The normalized spacial score (nSPS) is 9.75. The summed E-state index contributed by atoms with van der Waals surface area (Å²) < 4.78 is 4.74. The van der Waals surface area contributed by atoms with E-state index >= 15 is 0 Å². The van der Waals surface area contributed by atoms with Crippen LogP contribution in [-0.2, 0) is 9.53 Å². The molecule has 0 atom stereocenters. The standard InChI is InChI=1S/C9H12N2O4S/c12-8(13)5-15-3-2-10-9(14)11-7-1-4-16-6-7/h1,4,6H,2-3,5H2,(H,12,13)(H2,10,11,14). The van der Waals surface area contributed by atoms with E-state index in [9.17, 15) is 9.59 Å². The average molecular weight is 244 g/mol. The van der Waals surface area contributed by atoms with Crippen LogP contribution in [0.4, 0.5) is 10.5 Å². The monoisotopic (exact) mass is 244 g/mol. The van der Waals surface area contributed by atoms with Gasteiger partial charge in [0.15, 0.2) is 0 Å². The molecule has 7 heteroatoms. The molecule has 0 aliphatic rings. The number of carbonyl (C=O) groups excluding carboxylic acids is 1. The van der Waals surface area contributed by atoms with Gasteiger partial charge in [-0.2, -0.15) is 11.3 Å². The van der Waals surface area contributed by atoms with E-state index in [-0.39, 0.29) is 25.8 Å². The first-order valence-corrected chi connectivity index (χ1v) is 5.49. The quantitative estimate of drug-likeness (QED) is 0.651. The summed E-state index contributed by atoms with van der Waals surface area (Å²) in [4.78, 5) is 21.3. The molecule has 0 spiro atoms. The van der Waals surface area contributed by atoms with Crippen molar-refractivity contribution < 1.29 is 19.4 Å². The molecule has 1 rings (SSSR count). The molecule has 0 radical (unpaired) electrons. The molecule has 1 heterocycles. The SMILES string of the molecule is O=C(O)COCCNC(=O)Nc1ccsc1. The summed E-state index contributed by atoms with van der Waals surface area (Å²) in [5, 5.41) is 17.1. The first kappa shape index (κ1) is 12.5. The van der Waals surface area contributed by atoms with Gasteiger partial charge in [-0.25, -0.2) is 9.59 Å². The van der Waals surface area contributed by atoms with Crippen LogP contribution in [0, 0.1) is 0 Å². The number of carboxylic acid groups (broad SMARTS) is 1. The molecule has 0 aliphatic carbocycles. The van der Waals surface area contributed by atoms with Crippen LogP contribution in [0.3, 0.4) is 0 Å². The number of aliphatic carboxylic acids is 1. The maximum absolute atomic E-state index is 11.2. The minimum absolute atomic E-state index is 0.170. The van der Waals surface area contributed by atoms with E-state index < -0.39 is 5.97 Å². The van der Waals surface area contributed by atoms with Gasteiger partial charge in [-0.15, -0.1) is 0 Å². The molecule has 0 saturated heterocycles. The number of carbonyl (C=O) groups is 2. The van der Waals surface area contributed by atoms with Crippen molar-refractivity contribution in [2.75, 3.05) is 25.1 Å². The van der Waals surface area contributed by atoms with Gasteiger partial charge < -0.3 is 20.5 Å². The van der Waals surface area contributed by atoms with Gasteiger partial charge in [0.05, 0.1) is 12.3 Å². The number of amides is 2. The second kappa shape index (κ2) is 6.81. The molecule has 0 aromatic carbocycles. The van der Waals surface area contributed by atoms with Gasteiger partial charge in [0.25, 0.3) is 0 Å². The second-order valence-electron chi connectivity index (χ2n) is 2.84. The van der Waals surface area contributed by atoms with Crippen molar-refractivity contribution in [1.82, 2.24) is 5.32 Å². The van der Waals surface area contributed by atoms with Crippen molar-refractivity contribution in [3.63, 3.8) is 0 Å². The number of ether oxygens (including phenoxy) is 1. The van der Waals surface area contributed by atoms with Gasteiger partial charge >= 0.3 is 12.0 Å². The van der Waals surface area contributed by atoms with E-state index in [4.69, 9.17) is 9.84 Å². The molecule has 2 amide bonds. The Kier molecular flexibility index (Phi) is 5.30. The first-order valence-electron chi connectivity index (χ1n) is 4.55. The maximum atomic E-state index is 11.2. The number of carboxylic acids is 1. The van der Waals surface area contributed by atoms with Crippen LogP contribution >= 0.6 is 11.3 Å². The molecule has 0 aliphatic heterocycles. The van der Waals surface area contributed by atoms with Gasteiger partial charge in [-0.1, -0.05) is 0 Å². The second-order valence-corrected chi connectivity index (χ2v) is 3.62. The predicted octanol–water partition coefficient (Wildman–Crippen LogP) is 0.971. The molecule has 1 aromatic heterocycles. The smallest absolute Gasteiger partial charge is 0.329 e. The van der Waals surface area contributed by atoms with E-state index in [0.29, 0.717) is 0 Å². The van der Waals surface area contributed by atoms with Gasteiger partial charge in [0.1, 0.15) is 6.61 Å². The zero-order valence-electron chi connectivity index (χ0n) is 8.43. The predicted molar refractivity (Wildman–Crippen MR) is 59.8 cm³/mol. The highest BCUT2D eigenvalue weighted by molar-refractivity contribution is 7.08. The number of anilines is 1. The Morgan fingerprint density at radius 1 is 1.50 bits per heavy atom. The van der Waals surface area contributed by atoms with Crippen LogP contribution in [0.5, 0.6) is 0 Å². The third kappa shape index (κ3) is 5.32. The van der Waals surface area contributed by atoms with E-state index in [1.54, 1.807) is 11.4 Å². The Labute approximate surface area is 96.2 Å². The largest absolute Gasteiger partial charge is 0.480 e. The number of thiophene rings is 1. The molecular weight excluding hydrogens is 232 g/mol. The van der Waals surface area contributed by atoms with E-state index in [1.807, 2.05) is 5.38 Å². The minimum atomic E-state index is -1.03. The van der Waals surface area contributed by atoms with Gasteiger partial charge in [-0.05, 0) is 11.4 Å². The Bertz CT molecular complexity index is 339. The Morgan fingerprint density at radius 2 is 2.31 bits per heavy atom. The summed E-state index contributed by atoms with van der Waals surface area (Å²) >= 11 is 1.48. The average Bonchev–Trinajstić information content (AvgIpc) is 2.69. The zero-order chi connectivity index (χ0) is 11.8. The molecular formula is C9H12N2O4S. The van der Waals surface area contributed by atoms with Gasteiger partial charge in [0.2, 0.25) is 0 Å². The van der Waals surface area contributed by atoms with E-state index in [2.05, 4.69) is 10.6 Å². The lowest BCUT2D eigenvalue weighted by molar-refractivity contribution is -0.142. The molecule has 0 bridgehead atoms. The fraction of sp³-hybridized carbons (Fsp3) is 0.333. The topological polar surface area (TPSA) is 87.7 Å². The Hall–Kier alpha value is -1.60. The summed E-state index contributed by atoms with van der Waals surface area (Å²) in [6.45, 7) is 0.0838. The van der Waals surface area contributed by atoms with Crippen LogP contribution in [0.1, 0.15) is 0 Å². The molecule has 6 nitrogen and oxygen atoms in total. The van der Waals surface area contributed by atoms with Crippen LogP contribution in [0.25, 0.3) is 0 Å². The van der Waals surface area contributed by atoms with E-state index in [1.165, 1.54) is 11.3 Å².